The summed E-state index contributed by atoms with van der Waals surface area (Å²) in [4.78, 5) is 21.8. The number of anilines is 1. The molecular weight excluding hydrogens is 312 g/mol. The molecule has 1 saturated carbocycles. The standard InChI is InChI=1S/C20H26N4O/c1-3-14(2)21-18-13-17(20(25)22-16-11-7-8-12-16)23-19(24-18)15-9-5-4-6-10-15/h4-6,9-10,13-14,16H,3,7-8,11-12H2,1-2H3,(H,22,25)(H,21,23,24). The minimum absolute atomic E-state index is 0.112. The van der Waals surface area contributed by atoms with Crippen molar-refractivity contribution in [2.24, 2.45) is 0 Å². The van der Waals surface area contributed by atoms with Gasteiger partial charge in [-0.25, -0.2) is 9.97 Å². The van der Waals surface area contributed by atoms with Crippen LogP contribution in [0.3, 0.4) is 0 Å². The van der Waals surface area contributed by atoms with E-state index in [-0.39, 0.29) is 18.0 Å². The Labute approximate surface area is 149 Å². The van der Waals surface area contributed by atoms with Gasteiger partial charge in [0.15, 0.2) is 5.82 Å². The molecule has 0 bridgehead atoms. The van der Waals surface area contributed by atoms with Crippen molar-refractivity contribution >= 4 is 11.7 Å². The first-order valence-corrected chi connectivity index (χ1v) is 9.17. The molecule has 2 aromatic rings. The topological polar surface area (TPSA) is 66.9 Å². The van der Waals surface area contributed by atoms with Gasteiger partial charge in [-0.05, 0) is 26.2 Å². The predicted molar refractivity (Wildman–Crippen MR) is 101 cm³/mol. The quantitative estimate of drug-likeness (QED) is 0.834. The second-order valence-electron chi connectivity index (χ2n) is 6.74. The second kappa shape index (κ2) is 8.10. The van der Waals surface area contributed by atoms with E-state index in [4.69, 9.17) is 0 Å². The predicted octanol–water partition coefficient (Wildman–Crippen LogP) is 4.03. The minimum Gasteiger partial charge on any atom is -0.367 e. The first kappa shape index (κ1) is 17.4. The molecule has 1 aliphatic carbocycles. The summed E-state index contributed by atoms with van der Waals surface area (Å²) in [6.07, 6.45) is 5.46. The largest absolute Gasteiger partial charge is 0.367 e. The molecule has 0 radical (unpaired) electrons. The van der Waals surface area contributed by atoms with Crippen molar-refractivity contribution in [2.45, 2.75) is 58.0 Å². The Hall–Kier alpha value is -2.43. The van der Waals surface area contributed by atoms with Crippen LogP contribution in [-0.2, 0) is 0 Å². The van der Waals surface area contributed by atoms with Gasteiger partial charge < -0.3 is 10.6 Å². The molecule has 3 rings (SSSR count). The molecule has 1 fully saturated rings. The van der Waals surface area contributed by atoms with E-state index in [0.717, 1.165) is 24.8 Å². The summed E-state index contributed by atoms with van der Waals surface area (Å²) in [6.45, 7) is 4.22. The first-order valence-electron chi connectivity index (χ1n) is 9.17. The zero-order valence-electron chi connectivity index (χ0n) is 15.0. The van der Waals surface area contributed by atoms with Crippen molar-refractivity contribution in [3.8, 4) is 11.4 Å². The lowest BCUT2D eigenvalue weighted by Crippen LogP contribution is -2.33. The molecule has 1 unspecified atom stereocenters. The Morgan fingerprint density at radius 3 is 2.60 bits per heavy atom. The highest BCUT2D eigenvalue weighted by atomic mass is 16.1. The third-order valence-electron chi connectivity index (χ3n) is 4.69. The molecular formula is C20H26N4O. The van der Waals surface area contributed by atoms with Crippen molar-refractivity contribution in [3.05, 3.63) is 42.1 Å². The molecule has 0 aliphatic heterocycles. The average molecular weight is 338 g/mol. The maximum atomic E-state index is 12.7. The van der Waals surface area contributed by atoms with Crippen molar-refractivity contribution in [3.63, 3.8) is 0 Å². The monoisotopic (exact) mass is 338 g/mol. The molecule has 0 saturated heterocycles. The maximum absolute atomic E-state index is 12.7. The summed E-state index contributed by atoms with van der Waals surface area (Å²) in [5.41, 5.74) is 1.33. The van der Waals surface area contributed by atoms with Gasteiger partial charge in [0.25, 0.3) is 5.91 Å². The van der Waals surface area contributed by atoms with Gasteiger partial charge >= 0.3 is 0 Å². The normalized spacial score (nSPS) is 15.8. The Balaban J connectivity index is 1.89. The van der Waals surface area contributed by atoms with Crippen LogP contribution in [0.2, 0.25) is 0 Å². The van der Waals surface area contributed by atoms with Gasteiger partial charge in [-0.3, -0.25) is 4.79 Å². The Morgan fingerprint density at radius 1 is 1.20 bits per heavy atom. The second-order valence-corrected chi connectivity index (χ2v) is 6.74. The molecule has 2 N–H and O–H groups in total. The average Bonchev–Trinajstić information content (AvgIpc) is 3.15. The molecule has 1 amide bonds. The van der Waals surface area contributed by atoms with Gasteiger partial charge in [-0.1, -0.05) is 50.1 Å². The number of nitrogens with zero attached hydrogens (tertiary/aromatic N) is 2. The number of aromatic nitrogens is 2. The smallest absolute Gasteiger partial charge is 0.270 e. The lowest BCUT2D eigenvalue weighted by Gasteiger charge is -2.15. The van der Waals surface area contributed by atoms with E-state index < -0.39 is 0 Å². The summed E-state index contributed by atoms with van der Waals surface area (Å²) in [5.74, 6) is 1.16. The first-order chi connectivity index (χ1) is 12.2. The highest BCUT2D eigenvalue weighted by molar-refractivity contribution is 5.93. The number of hydrogen-bond acceptors (Lipinski definition) is 4. The third kappa shape index (κ3) is 4.56. The van der Waals surface area contributed by atoms with Crippen LogP contribution in [0.1, 0.15) is 56.4 Å². The molecule has 5 nitrogen and oxygen atoms in total. The Morgan fingerprint density at radius 2 is 1.92 bits per heavy atom. The molecule has 1 aromatic carbocycles. The van der Waals surface area contributed by atoms with Crippen LogP contribution in [0.4, 0.5) is 5.82 Å². The van der Waals surface area contributed by atoms with Crippen LogP contribution in [0, 0.1) is 0 Å². The van der Waals surface area contributed by atoms with Gasteiger partial charge in [0, 0.05) is 23.7 Å². The lowest BCUT2D eigenvalue weighted by atomic mass is 10.2. The highest BCUT2D eigenvalue weighted by Gasteiger charge is 2.20. The molecule has 1 atom stereocenters. The van der Waals surface area contributed by atoms with Crippen LogP contribution in [0.5, 0.6) is 0 Å². The summed E-state index contributed by atoms with van der Waals surface area (Å²) >= 11 is 0. The molecule has 132 valence electrons. The molecule has 1 heterocycles. The van der Waals surface area contributed by atoms with Crippen LogP contribution in [0.15, 0.2) is 36.4 Å². The lowest BCUT2D eigenvalue weighted by molar-refractivity contribution is 0.0933. The summed E-state index contributed by atoms with van der Waals surface area (Å²) in [6, 6.07) is 12.1. The van der Waals surface area contributed by atoms with Crippen molar-refractivity contribution in [1.82, 2.24) is 15.3 Å². The van der Waals surface area contributed by atoms with E-state index in [0.29, 0.717) is 17.3 Å². The van der Waals surface area contributed by atoms with Crippen LogP contribution in [-0.4, -0.2) is 28.0 Å². The SMILES string of the molecule is CCC(C)Nc1cc(C(=O)NC2CCCC2)nc(-c2ccccc2)n1. The minimum atomic E-state index is -0.112. The van der Waals surface area contributed by atoms with E-state index in [1.165, 1.54) is 12.8 Å². The van der Waals surface area contributed by atoms with Crippen molar-refractivity contribution in [2.75, 3.05) is 5.32 Å². The molecule has 5 heteroatoms. The van der Waals surface area contributed by atoms with E-state index >= 15 is 0 Å². The fourth-order valence-corrected chi connectivity index (χ4v) is 3.04. The number of carbonyl (C=O) groups excluding carboxylic acids is 1. The fraction of sp³-hybridized carbons (Fsp3) is 0.450. The van der Waals surface area contributed by atoms with Gasteiger partial charge in [0.05, 0.1) is 0 Å². The molecule has 1 aromatic heterocycles. The number of nitrogens with one attached hydrogen (secondary N) is 2. The zero-order chi connectivity index (χ0) is 17.6. The van der Waals surface area contributed by atoms with Crippen LogP contribution >= 0.6 is 0 Å². The fourth-order valence-electron chi connectivity index (χ4n) is 3.04. The van der Waals surface area contributed by atoms with Crippen LogP contribution < -0.4 is 10.6 Å². The molecule has 0 spiro atoms. The molecule has 1 aliphatic rings. The number of rotatable bonds is 6. The van der Waals surface area contributed by atoms with Gasteiger partial charge in [0.1, 0.15) is 11.5 Å². The van der Waals surface area contributed by atoms with E-state index in [1.807, 2.05) is 30.3 Å². The van der Waals surface area contributed by atoms with Crippen molar-refractivity contribution in [1.29, 1.82) is 0 Å². The highest BCUT2D eigenvalue weighted by Crippen LogP contribution is 2.21. The van der Waals surface area contributed by atoms with Gasteiger partial charge in [-0.15, -0.1) is 0 Å². The summed E-state index contributed by atoms with van der Waals surface area (Å²) < 4.78 is 0. The Kier molecular flexibility index (Phi) is 5.64. The third-order valence-corrected chi connectivity index (χ3v) is 4.69. The van der Waals surface area contributed by atoms with Gasteiger partial charge in [0.2, 0.25) is 0 Å². The summed E-state index contributed by atoms with van der Waals surface area (Å²) in [7, 11) is 0. The number of amides is 1. The van der Waals surface area contributed by atoms with Gasteiger partial charge in [-0.2, -0.15) is 0 Å². The van der Waals surface area contributed by atoms with E-state index in [1.54, 1.807) is 6.07 Å². The van der Waals surface area contributed by atoms with Crippen molar-refractivity contribution < 1.29 is 4.79 Å². The number of hydrogen-bond donors (Lipinski definition) is 2. The number of carbonyl (C=O) groups is 1. The molecule has 25 heavy (non-hydrogen) atoms. The van der Waals surface area contributed by atoms with E-state index in [9.17, 15) is 4.79 Å². The maximum Gasteiger partial charge on any atom is 0.270 e. The zero-order valence-corrected chi connectivity index (χ0v) is 15.0. The van der Waals surface area contributed by atoms with Crippen LogP contribution in [0.25, 0.3) is 11.4 Å². The summed E-state index contributed by atoms with van der Waals surface area (Å²) in [5, 5.41) is 6.47. The Bertz CT molecular complexity index is 711. The van der Waals surface area contributed by atoms with E-state index in [2.05, 4.69) is 34.4 Å². The number of benzene rings is 1.